The van der Waals surface area contributed by atoms with Crippen LogP contribution >= 0.6 is 35.0 Å². The van der Waals surface area contributed by atoms with E-state index in [1.807, 2.05) is 17.8 Å². The molecule has 0 fully saturated rings. The average Bonchev–Trinajstić information content (AvgIpc) is 2.81. The maximum Gasteiger partial charge on any atom is 0.156 e. The number of halogens is 2. The number of hydrogen-bond acceptors (Lipinski definition) is 2. The van der Waals surface area contributed by atoms with Crippen LogP contribution < -0.4 is 4.74 Å². The fourth-order valence-electron chi connectivity index (χ4n) is 2.14. The van der Waals surface area contributed by atoms with Crippen LogP contribution in [0.4, 0.5) is 0 Å². The zero-order chi connectivity index (χ0) is 13.2. The Morgan fingerprint density at radius 3 is 2.53 bits per heavy atom. The van der Waals surface area contributed by atoms with Crippen LogP contribution in [0.3, 0.4) is 0 Å². The van der Waals surface area contributed by atoms with Gasteiger partial charge in [-0.1, -0.05) is 47.5 Å². The van der Waals surface area contributed by atoms with E-state index >= 15 is 0 Å². The molecule has 0 radical (unpaired) electrons. The van der Waals surface area contributed by atoms with E-state index in [0.29, 0.717) is 27.7 Å². The number of rotatable bonds is 3. The Bertz CT molecular complexity index is 555. The normalized spacial score (nSPS) is 17.3. The van der Waals surface area contributed by atoms with Crippen LogP contribution in [0, 0.1) is 0 Å². The summed E-state index contributed by atoms with van der Waals surface area (Å²) in [6, 6.07) is 13.9. The predicted molar refractivity (Wildman–Crippen MR) is 81.7 cm³/mol. The van der Waals surface area contributed by atoms with Crippen LogP contribution in [-0.4, -0.2) is 11.9 Å². The molecule has 98 valence electrons. The summed E-state index contributed by atoms with van der Waals surface area (Å²) < 4.78 is 5.80. The smallest absolute Gasteiger partial charge is 0.156 e. The Hall–Kier alpha value is -0.830. The second-order valence-electron chi connectivity index (χ2n) is 4.41. The molecule has 4 heteroatoms. The van der Waals surface area contributed by atoms with Crippen LogP contribution in [0.1, 0.15) is 5.56 Å². The Labute approximate surface area is 126 Å². The van der Waals surface area contributed by atoms with Crippen molar-refractivity contribution in [3.05, 3.63) is 58.1 Å². The highest BCUT2D eigenvalue weighted by Crippen LogP contribution is 2.38. The third kappa shape index (κ3) is 2.86. The summed E-state index contributed by atoms with van der Waals surface area (Å²) in [6.45, 7) is 0.614. The van der Waals surface area contributed by atoms with E-state index in [-0.39, 0.29) is 0 Å². The van der Waals surface area contributed by atoms with E-state index in [9.17, 15) is 0 Å². The number of ether oxygens (including phenoxy) is 1. The first-order valence-electron chi connectivity index (χ1n) is 6.05. The molecule has 2 aromatic carbocycles. The molecule has 0 amide bonds. The van der Waals surface area contributed by atoms with Crippen molar-refractivity contribution >= 4 is 35.0 Å². The maximum atomic E-state index is 6.09. The van der Waals surface area contributed by atoms with E-state index in [1.165, 1.54) is 10.5 Å². The quantitative estimate of drug-likeness (QED) is 0.781. The van der Waals surface area contributed by atoms with E-state index in [0.717, 1.165) is 6.42 Å². The lowest BCUT2D eigenvalue weighted by Gasteiger charge is -2.13. The Balaban J connectivity index is 1.66. The van der Waals surface area contributed by atoms with Gasteiger partial charge in [0, 0.05) is 10.1 Å². The summed E-state index contributed by atoms with van der Waals surface area (Å²) in [7, 11) is 0. The van der Waals surface area contributed by atoms with Crippen molar-refractivity contribution in [3.63, 3.8) is 0 Å². The van der Waals surface area contributed by atoms with Crippen LogP contribution in [0.5, 0.6) is 5.75 Å². The lowest BCUT2D eigenvalue weighted by atomic mass is 10.1. The summed E-state index contributed by atoms with van der Waals surface area (Å²) in [5, 5.41) is 1.55. The molecule has 1 aliphatic rings. The van der Waals surface area contributed by atoms with Crippen molar-refractivity contribution in [2.45, 2.75) is 16.6 Å². The number of benzene rings is 2. The summed E-state index contributed by atoms with van der Waals surface area (Å²) in [5.41, 5.74) is 1.39. The van der Waals surface area contributed by atoms with E-state index < -0.39 is 0 Å². The van der Waals surface area contributed by atoms with Crippen molar-refractivity contribution in [2.24, 2.45) is 0 Å². The second-order valence-corrected chi connectivity index (χ2v) is 6.57. The minimum atomic E-state index is 0.421. The fourth-order valence-corrected chi connectivity index (χ4v) is 3.87. The highest BCUT2D eigenvalue weighted by molar-refractivity contribution is 8.00. The van der Waals surface area contributed by atoms with Crippen molar-refractivity contribution < 1.29 is 4.74 Å². The summed E-state index contributed by atoms with van der Waals surface area (Å²) in [6.07, 6.45) is 1.03. The molecule has 0 bridgehead atoms. The highest BCUT2D eigenvalue weighted by Gasteiger charge is 2.22. The number of thioether (sulfide) groups is 1. The van der Waals surface area contributed by atoms with Gasteiger partial charge in [0.2, 0.25) is 0 Å². The van der Waals surface area contributed by atoms with E-state index in [4.69, 9.17) is 27.9 Å². The second kappa shape index (κ2) is 5.66. The zero-order valence-corrected chi connectivity index (χ0v) is 12.4. The van der Waals surface area contributed by atoms with Crippen molar-refractivity contribution in [1.29, 1.82) is 0 Å². The standard InChI is InChI=1S/C15H12Cl2OS/c16-12-5-3-6-13(17)15(12)18-9-11-8-10-4-1-2-7-14(10)19-11/h1-7,11H,8-9H2. The van der Waals surface area contributed by atoms with Gasteiger partial charge in [0.1, 0.15) is 6.61 Å². The summed E-state index contributed by atoms with van der Waals surface area (Å²) in [4.78, 5) is 1.35. The SMILES string of the molecule is Clc1cccc(Cl)c1OCC1Cc2ccccc2S1. The topological polar surface area (TPSA) is 9.23 Å². The van der Waals surface area contributed by atoms with Gasteiger partial charge < -0.3 is 4.74 Å². The fraction of sp³-hybridized carbons (Fsp3) is 0.200. The van der Waals surface area contributed by atoms with Crippen LogP contribution in [-0.2, 0) is 6.42 Å². The molecule has 0 saturated carbocycles. The molecule has 1 aliphatic heterocycles. The first-order chi connectivity index (χ1) is 9.24. The maximum absolute atomic E-state index is 6.09. The van der Waals surface area contributed by atoms with E-state index in [1.54, 1.807) is 12.1 Å². The third-order valence-corrected chi connectivity index (χ3v) is 4.93. The molecular formula is C15H12Cl2OS. The van der Waals surface area contributed by atoms with Gasteiger partial charge in [-0.05, 0) is 30.2 Å². The van der Waals surface area contributed by atoms with Gasteiger partial charge in [-0.3, -0.25) is 0 Å². The first kappa shape index (κ1) is 13.2. The number of fused-ring (bicyclic) bond motifs is 1. The molecule has 1 atom stereocenters. The van der Waals surface area contributed by atoms with E-state index in [2.05, 4.69) is 24.3 Å². The van der Waals surface area contributed by atoms with Gasteiger partial charge in [0.15, 0.2) is 5.75 Å². The molecule has 0 aliphatic carbocycles. The minimum Gasteiger partial charge on any atom is -0.489 e. The molecule has 3 rings (SSSR count). The first-order valence-corrected chi connectivity index (χ1v) is 7.69. The molecule has 0 N–H and O–H groups in total. The van der Waals surface area contributed by atoms with Crippen LogP contribution in [0.2, 0.25) is 10.0 Å². The Kier molecular flexibility index (Phi) is 3.92. The predicted octanol–water partition coefficient (Wildman–Crippen LogP) is 5.09. The largest absolute Gasteiger partial charge is 0.489 e. The van der Waals surface area contributed by atoms with Crippen molar-refractivity contribution in [1.82, 2.24) is 0 Å². The van der Waals surface area contributed by atoms with Crippen molar-refractivity contribution in [2.75, 3.05) is 6.61 Å². The molecule has 1 unspecified atom stereocenters. The van der Waals surface area contributed by atoms with Gasteiger partial charge in [0.25, 0.3) is 0 Å². The van der Waals surface area contributed by atoms with Crippen LogP contribution in [0.25, 0.3) is 0 Å². The lowest BCUT2D eigenvalue weighted by molar-refractivity contribution is 0.318. The lowest BCUT2D eigenvalue weighted by Crippen LogP contribution is -2.13. The Morgan fingerprint density at radius 1 is 1.05 bits per heavy atom. The molecule has 2 aromatic rings. The molecule has 1 nitrogen and oxygen atoms in total. The molecule has 0 saturated heterocycles. The Morgan fingerprint density at radius 2 is 1.79 bits per heavy atom. The molecule has 19 heavy (non-hydrogen) atoms. The average molecular weight is 311 g/mol. The van der Waals surface area contributed by atoms with Gasteiger partial charge in [-0.15, -0.1) is 11.8 Å². The molecule has 0 aromatic heterocycles. The van der Waals surface area contributed by atoms with Crippen LogP contribution in [0.15, 0.2) is 47.4 Å². The molecular weight excluding hydrogens is 299 g/mol. The zero-order valence-electron chi connectivity index (χ0n) is 10.1. The third-order valence-electron chi connectivity index (χ3n) is 3.05. The van der Waals surface area contributed by atoms with Gasteiger partial charge in [-0.25, -0.2) is 0 Å². The summed E-state index contributed by atoms with van der Waals surface area (Å²) >= 11 is 14.0. The molecule has 1 heterocycles. The monoisotopic (exact) mass is 310 g/mol. The number of para-hydroxylation sites is 1. The number of hydrogen-bond donors (Lipinski definition) is 0. The van der Waals surface area contributed by atoms with Gasteiger partial charge in [-0.2, -0.15) is 0 Å². The van der Waals surface area contributed by atoms with Gasteiger partial charge in [0.05, 0.1) is 10.0 Å². The molecule has 0 spiro atoms. The highest BCUT2D eigenvalue weighted by atomic mass is 35.5. The van der Waals surface area contributed by atoms with Gasteiger partial charge >= 0.3 is 0 Å². The minimum absolute atomic E-state index is 0.421. The summed E-state index contributed by atoms with van der Waals surface area (Å²) in [5.74, 6) is 0.586. The van der Waals surface area contributed by atoms with Crippen molar-refractivity contribution in [3.8, 4) is 5.75 Å².